The second-order valence-corrected chi connectivity index (χ2v) is 3.41. The van der Waals surface area contributed by atoms with Gasteiger partial charge in [0.15, 0.2) is 5.11 Å². The lowest BCUT2D eigenvalue weighted by Gasteiger charge is -2.10. The van der Waals surface area contributed by atoms with Crippen molar-refractivity contribution in [2.24, 2.45) is 0 Å². The molecular formula is C10H14N2OS. The molecule has 0 aliphatic rings. The molecule has 0 heterocycles. The molecule has 0 amide bonds. The largest absolute Gasteiger partial charge is 0.389 e. The van der Waals surface area contributed by atoms with Gasteiger partial charge in [-0.25, -0.2) is 0 Å². The molecule has 0 spiro atoms. The lowest BCUT2D eigenvalue weighted by atomic mass is 10.1. The van der Waals surface area contributed by atoms with Gasteiger partial charge in [0.1, 0.15) is 0 Å². The van der Waals surface area contributed by atoms with Crippen molar-refractivity contribution in [1.82, 2.24) is 5.32 Å². The zero-order valence-electron chi connectivity index (χ0n) is 8.24. The number of aliphatic hydroxyl groups is 1. The monoisotopic (exact) mass is 210 g/mol. The van der Waals surface area contributed by atoms with E-state index in [0.717, 1.165) is 11.3 Å². The van der Waals surface area contributed by atoms with Gasteiger partial charge in [0.25, 0.3) is 0 Å². The summed E-state index contributed by atoms with van der Waals surface area (Å²) in [5.41, 5.74) is 1.75. The first-order chi connectivity index (χ1) is 6.63. The molecule has 0 aromatic heterocycles. The van der Waals surface area contributed by atoms with Gasteiger partial charge < -0.3 is 15.7 Å². The van der Waals surface area contributed by atoms with Crippen LogP contribution in [0.5, 0.6) is 0 Å². The Kier molecular flexibility index (Phi) is 3.85. The van der Waals surface area contributed by atoms with Crippen molar-refractivity contribution in [1.29, 1.82) is 0 Å². The Morgan fingerprint density at radius 1 is 1.50 bits per heavy atom. The van der Waals surface area contributed by atoms with Crippen molar-refractivity contribution in [2.75, 3.05) is 12.4 Å². The van der Waals surface area contributed by atoms with Crippen LogP contribution in [0.3, 0.4) is 0 Å². The van der Waals surface area contributed by atoms with Crippen LogP contribution in [0.1, 0.15) is 18.6 Å². The highest BCUT2D eigenvalue weighted by Gasteiger charge is 2.01. The predicted molar refractivity (Wildman–Crippen MR) is 62.4 cm³/mol. The average Bonchev–Trinajstić information content (AvgIpc) is 2.18. The van der Waals surface area contributed by atoms with Crippen molar-refractivity contribution in [3.05, 3.63) is 29.8 Å². The number of thiocarbonyl (C=S) groups is 1. The van der Waals surface area contributed by atoms with E-state index in [1.807, 2.05) is 24.3 Å². The predicted octanol–water partition coefficient (Wildman–Crippen LogP) is 1.66. The van der Waals surface area contributed by atoms with Crippen LogP contribution in [0, 0.1) is 0 Å². The van der Waals surface area contributed by atoms with Crippen LogP contribution in [0.25, 0.3) is 0 Å². The Bertz CT molecular complexity index is 326. The number of hydrogen-bond acceptors (Lipinski definition) is 2. The Labute approximate surface area is 89.1 Å². The molecule has 76 valence electrons. The van der Waals surface area contributed by atoms with E-state index >= 15 is 0 Å². The molecule has 1 atom stereocenters. The topological polar surface area (TPSA) is 44.3 Å². The molecule has 1 aromatic rings. The fourth-order valence-corrected chi connectivity index (χ4v) is 1.19. The van der Waals surface area contributed by atoms with E-state index in [0.29, 0.717) is 5.11 Å². The van der Waals surface area contributed by atoms with E-state index in [1.165, 1.54) is 0 Å². The number of nitrogens with one attached hydrogen (secondary N) is 2. The first-order valence-electron chi connectivity index (χ1n) is 4.40. The van der Waals surface area contributed by atoms with Crippen LogP contribution in [0.15, 0.2) is 24.3 Å². The van der Waals surface area contributed by atoms with Gasteiger partial charge in [0.05, 0.1) is 6.10 Å². The number of hydrogen-bond donors (Lipinski definition) is 3. The smallest absolute Gasteiger partial charge is 0.170 e. The van der Waals surface area contributed by atoms with E-state index in [4.69, 9.17) is 12.2 Å². The molecule has 3 nitrogen and oxygen atoms in total. The molecule has 0 aliphatic carbocycles. The Hall–Kier alpha value is -1.13. The number of anilines is 1. The van der Waals surface area contributed by atoms with Gasteiger partial charge in [-0.1, -0.05) is 12.1 Å². The summed E-state index contributed by atoms with van der Waals surface area (Å²) < 4.78 is 0. The van der Waals surface area contributed by atoms with E-state index < -0.39 is 6.10 Å². The normalized spacial score (nSPS) is 11.9. The zero-order valence-corrected chi connectivity index (χ0v) is 9.06. The minimum atomic E-state index is -0.458. The van der Waals surface area contributed by atoms with Crippen molar-refractivity contribution in [3.8, 4) is 0 Å². The maximum atomic E-state index is 9.36. The summed E-state index contributed by atoms with van der Waals surface area (Å²) in [7, 11) is 1.76. The number of rotatable bonds is 2. The van der Waals surface area contributed by atoms with Gasteiger partial charge in [0.2, 0.25) is 0 Å². The summed E-state index contributed by atoms with van der Waals surface area (Å²) in [6, 6.07) is 7.52. The molecule has 0 radical (unpaired) electrons. The van der Waals surface area contributed by atoms with Gasteiger partial charge >= 0.3 is 0 Å². The second-order valence-electron chi connectivity index (χ2n) is 3.01. The third-order valence-corrected chi connectivity index (χ3v) is 2.16. The molecule has 0 saturated heterocycles. The minimum absolute atomic E-state index is 0.458. The molecule has 1 rings (SSSR count). The first kappa shape index (κ1) is 10.9. The molecule has 0 aliphatic heterocycles. The highest BCUT2D eigenvalue weighted by molar-refractivity contribution is 7.80. The summed E-state index contributed by atoms with van der Waals surface area (Å²) in [4.78, 5) is 0. The van der Waals surface area contributed by atoms with Crippen LogP contribution in [0.2, 0.25) is 0 Å². The molecule has 1 aromatic carbocycles. The van der Waals surface area contributed by atoms with Gasteiger partial charge in [0, 0.05) is 12.7 Å². The van der Waals surface area contributed by atoms with Crippen molar-refractivity contribution < 1.29 is 5.11 Å². The maximum Gasteiger partial charge on any atom is 0.170 e. The zero-order chi connectivity index (χ0) is 10.6. The molecule has 1 unspecified atom stereocenters. The third-order valence-electron chi connectivity index (χ3n) is 1.85. The van der Waals surface area contributed by atoms with E-state index in [2.05, 4.69) is 10.6 Å². The molecular weight excluding hydrogens is 196 g/mol. The Morgan fingerprint density at radius 2 is 2.21 bits per heavy atom. The SMILES string of the molecule is CNC(=S)Nc1cccc(C(C)O)c1. The summed E-state index contributed by atoms with van der Waals surface area (Å²) in [5, 5.41) is 15.7. The highest BCUT2D eigenvalue weighted by Crippen LogP contribution is 2.16. The molecule has 3 N–H and O–H groups in total. The van der Waals surface area contributed by atoms with Crippen molar-refractivity contribution in [2.45, 2.75) is 13.0 Å². The van der Waals surface area contributed by atoms with E-state index in [-0.39, 0.29) is 0 Å². The molecule has 0 saturated carbocycles. The van der Waals surface area contributed by atoms with E-state index in [9.17, 15) is 5.11 Å². The minimum Gasteiger partial charge on any atom is -0.389 e. The first-order valence-corrected chi connectivity index (χ1v) is 4.81. The van der Waals surface area contributed by atoms with Crippen LogP contribution in [0.4, 0.5) is 5.69 Å². The second kappa shape index (κ2) is 4.93. The van der Waals surface area contributed by atoms with Gasteiger partial charge in [-0.2, -0.15) is 0 Å². The number of benzene rings is 1. The fraction of sp³-hybridized carbons (Fsp3) is 0.300. The van der Waals surface area contributed by atoms with E-state index in [1.54, 1.807) is 14.0 Å². The maximum absolute atomic E-state index is 9.36. The molecule has 0 fully saturated rings. The van der Waals surface area contributed by atoms with Gasteiger partial charge in [-0.05, 0) is 36.8 Å². The summed E-state index contributed by atoms with van der Waals surface area (Å²) in [6.45, 7) is 1.73. The third kappa shape index (κ3) is 2.97. The van der Waals surface area contributed by atoms with Crippen molar-refractivity contribution >= 4 is 23.0 Å². The summed E-state index contributed by atoms with van der Waals surface area (Å²) in [6.07, 6.45) is -0.458. The van der Waals surface area contributed by atoms with Crippen molar-refractivity contribution in [3.63, 3.8) is 0 Å². The van der Waals surface area contributed by atoms with Crippen LogP contribution in [-0.4, -0.2) is 17.3 Å². The molecule has 0 bridgehead atoms. The Morgan fingerprint density at radius 3 is 2.79 bits per heavy atom. The fourth-order valence-electron chi connectivity index (χ4n) is 1.07. The van der Waals surface area contributed by atoms with Crippen LogP contribution in [-0.2, 0) is 0 Å². The van der Waals surface area contributed by atoms with Crippen LogP contribution >= 0.6 is 12.2 Å². The molecule has 4 heteroatoms. The van der Waals surface area contributed by atoms with Gasteiger partial charge in [-0.3, -0.25) is 0 Å². The quantitative estimate of drug-likeness (QED) is 0.650. The lowest BCUT2D eigenvalue weighted by molar-refractivity contribution is 0.199. The van der Waals surface area contributed by atoms with Gasteiger partial charge in [-0.15, -0.1) is 0 Å². The summed E-state index contributed by atoms with van der Waals surface area (Å²) in [5.74, 6) is 0. The standard InChI is InChI=1S/C10H14N2OS/c1-7(13)8-4-3-5-9(6-8)12-10(14)11-2/h3-7,13H,1-2H3,(H2,11,12,14). The van der Waals surface area contributed by atoms with Crippen LogP contribution < -0.4 is 10.6 Å². The molecule has 14 heavy (non-hydrogen) atoms. The Balaban J connectivity index is 2.78. The lowest BCUT2D eigenvalue weighted by Crippen LogP contribution is -2.24. The highest BCUT2D eigenvalue weighted by atomic mass is 32.1. The summed E-state index contributed by atoms with van der Waals surface area (Å²) >= 11 is 4.96. The number of aliphatic hydroxyl groups excluding tert-OH is 1. The average molecular weight is 210 g/mol.